The number of carbonyl (C=O) groups excluding carboxylic acids is 7. The van der Waals surface area contributed by atoms with Crippen molar-refractivity contribution in [2.75, 3.05) is 26.2 Å². The molecule has 0 radical (unpaired) electrons. The lowest BCUT2D eigenvalue weighted by molar-refractivity contribution is -0.331. The van der Waals surface area contributed by atoms with E-state index in [1.54, 1.807) is 27.7 Å². The summed E-state index contributed by atoms with van der Waals surface area (Å²) in [7, 11) is 0. The van der Waals surface area contributed by atoms with Crippen LogP contribution in [0.1, 0.15) is 163 Å². The highest BCUT2D eigenvalue weighted by Gasteiger charge is 2.52. The van der Waals surface area contributed by atoms with Gasteiger partial charge in [0, 0.05) is 54.4 Å². The second-order valence-corrected chi connectivity index (χ2v) is 30.4. The highest BCUT2D eigenvalue weighted by Crippen LogP contribution is 2.50. The van der Waals surface area contributed by atoms with Gasteiger partial charge in [0.2, 0.25) is 53.4 Å². The molecule has 23 N–H and O–H groups in total. The molecule has 5 aromatic rings. The van der Waals surface area contributed by atoms with Crippen molar-refractivity contribution in [3.05, 3.63) is 117 Å². The fraction of sp³-hybridized carbons (Fsp3) is 0.506. The number of aliphatic hydroxyl groups excluding tert-OH is 5. The van der Waals surface area contributed by atoms with E-state index in [2.05, 4.69) is 49.5 Å². The van der Waals surface area contributed by atoms with Crippen molar-refractivity contribution in [2.45, 2.75) is 214 Å². The first-order valence-corrected chi connectivity index (χ1v) is 38.2. The van der Waals surface area contributed by atoms with E-state index in [1.807, 2.05) is 0 Å². The van der Waals surface area contributed by atoms with Crippen LogP contribution in [0.3, 0.4) is 0 Å². The quantitative estimate of drug-likeness (QED) is 0.0373. The number of carbonyl (C=O) groups is 8. The molecular formula is C77H99Cl2N11O23. The first kappa shape index (κ1) is 86.2. The molecule has 5 aromatic carbocycles. The maximum Gasteiger partial charge on any atom is 0.330 e. The van der Waals surface area contributed by atoms with Gasteiger partial charge in [0.05, 0.1) is 34.7 Å². The van der Waals surface area contributed by atoms with Gasteiger partial charge in [-0.2, -0.15) is 0 Å². The molecule has 113 heavy (non-hydrogen) atoms. The third-order valence-electron chi connectivity index (χ3n) is 20.5. The molecule has 614 valence electrons. The number of unbranched alkanes of at least 4 members (excludes halogenated alkanes) is 7. The molecule has 0 aliphatic carbocycles. The molecule has 11 bridgehead atoms. The summed E-state index contributed by atoms with van der Waals surface area (Å²) >= 11 is 14.3. The number of halogens is 2. The molecule has 2 fully saturated rings. The van der Waals surface area contributed by atoms with Gasteiger partial charge in [-0.05, 0) is 116 Å². The number of amides is 7. The van der Waals surface area contributed by atoms with Crippen LogP contribution in [-0.4, -0.2) is 198 Å². The number of aliphatic hydroxyl groups is 5. The lowest BCUT2D eigenvalue weighted by atomic mass is 9.85. The lowest BCUT2D eigenvalue weighted by Crippen LogP contribution is -2.66. The van der Waals surface area contributed by atoms with Crippen LogP contribution in [-0.2, 0) is 52.6 Å². The number of hydrogen-bond acceptors (Lipinski definition) is 26. The largest absolute Gasteiger partial charge is 0.508 e. The molecular weight excluding hydrogens is 1520 g/mol. The van der Waals surface area contributed by atoms with E-state index >= 15 is 14.4 Å². The Balaban J connectivity index is 1.15. The Bertz CT molecular complexity index is 4320. The summed E-state index contributed by atoms with van der Waals surface area (Å²) in [5.41, 5.74) is 14.4. The monoisotopic (exact) mass is 1620 g/mol. The number of nitrogens with two attached hydrogens (primary N) is 3. The molecule has 12 rings (SSSR count). The smallest absolute Gasteiger partial charge is 0.330 e. The highest BCUT2D eigenvalue weighted by molar-refractivity contribution is 6.32. The number of carboxylic acids is 1. The van der Waals surface area contributed by atoms with Gasteiger partial charge < -0.3 is 134 Å². The minimum atomic E-state index is -2.34. The number of aromatic hydroxyl groups is 3. The van der Waals surface area contributed by atoms with E-state index in [4.69, 9.17) is 68.8 Å². The fourth-order valence-corrected chi connectivity index (χ4v) is 14.9. The first-order chi connectivity index (χ1) is 53.7. The average molecular weight is 1620 g/mol. The Morgan fingerprint density at radius 3 is 1.90 bits per heavy atom. The number of aliphatic carboxylic acids is 1. The number of hydrogen-bond donors (Lipinski definition) is 20. The molecule has 7 amide bonds. The number of carboxylic acid groups (broad SMARTS) is 1. The summed E-state index contributed by atoms with van der Waals surface area (Å²) in [5.74, 6) is -16.0. The van der Waals surface area contributed by atoms with Crippen LogP contribution in [0, 0.1) is 5.92 Å². The third kappa shape index (κ3) is 20.5. The molecule has 7 heterocycles. The Labute approximate surface area is 660 Å². The van der Waals surface area contributed by atoms with E-state index in [0.29, 0.717) is 13.1 Å². The van der Waals surface area contributed by atoms with Crippen LogP contribution in [0.5, 0.6) is 46.0 Å². The Hall–Kier alpha value is -9.24. The highest BCUT2D eigenvalue weighted by atomic mass is 35.5. The predicted molar refractivity (Wildman–Crippen MR) is 406 cm³/mol. The number of phenols is 3. The summed E-state index contributed by atoms with van der Waals surface area (Å²) < 4.78 is 39.6. The molecule has 0 saturated carbocycles. The van der Waals surface area contributed by atoms with Crippen molar-refractivity contribution in [2.24, 2.45) is 23.1 Å². The van der Waals surface area contributed by atoms with Crippen LogP contribution in [0.4, 0.5) is 0 Å². The molecule has 18 atom stereocenters. The van der Waals surface area contributed by atoms with Gasteiger partial charge in [-0.15, -0.1) is 0 Å². The van der Waals surface area contributed by atoms with Gasteiger partial charge in [-0.1, -0.05) is 107 Å². The zero-order valence-electron chi connectivity index (χ0n) is 62.7. The van der Waals surface area contributed by atoms with Crippen molar-refractivity contribution in [3.63, 3.8) is 0 Å². The van der Waals surface area contributed by atoms with Gasteiger partial charge >= 0.3 is 5.97 Å². The van der Waals surface area contributed by atoms with E-state index in [9.17, 15) is 69.9 Å². The fourth-order valence-electron chi connectivity index (χ4n) is 14.4. The zero-order chi connectivity index (χ0) is 82.0. The number of phenolic OH excluding ortho intramolecular Hbond substituents is 3. The Morgan fingerprint density at radius 1 is 0.673 bits per heavy atom. The maximum absolute atomic E-state index is 16.2. The normalized spacial score (nSPS) is 27.6. The SMILES string of the molecule is CCCCCCCCCCNCCN[C@@]1(C)C[C@H](O[C@H]2[C@H](Oc3c4cc5cc3Oc3ccc(cc3Cl)[C@@H](O)[C@@H](NC(=O)[C@H](N)CC(C)C)C(=O)N[C@@H](CC(N)=O)C(=O)N[C@H]5C(=O)N[C@H]3C(=O)N[C@H](C(=O)N[C@H](C(=O)O)c5cc(O)cc(O)c5-c5cc3ccc5O)[C@H](O)c3ccc(c(Cl)c3)O4)O[C@H](CN)[C@@H](O)[C@@H]2O)O[C@@H](C)[C@H]1O. The predicted octanol–water partition coefficient (Wildman–Crippen LogP) is 3.17. The molecule has 2 saturated heterocycles. The van der Waals surface area contributed by atoms with Gasteiger partial charge in [-0.3, -0.25) is 33.6 Å². The number of fused-ring (bicyclic) bond motifs is 15. The minimum absolute atomic E-state index is 0.0809. The summed E-state index contributed by atoms with van der Waals surface area (Å²) in [6, 6.07) is -0.712. The van der Waals surface area contributed by atoms with E-state index in [0.717, 1.165) is 86.5 Å². The standard InChI is InChI=1S/C77H99Cl2N11O23/c1-6-7-8-9-10-11-12-13-20-83-21-22-84-77(5)32-55(108-35(4)68(77)99)112-67-65(98)64(97)53(33-80)111-76(67)113-66-51-27-39-28-52(66)110-50-19-16-38(26-44(50)79)63(96)61-74(105)88-59(75(106)107)42-29-40(91)30-48(93)56(42)41-24-36(14-17-47(41)92)57(71(102)90-61)87-72(103)58(39)86-70(101)46(31-54(82)94)85-73(104)60(89-69(100)45(81)23-34(2)3)62(95)37-15-18-49(109-51)43(78)25-37/h14-19,24-30,34-35,45-46,53,55,57-65,67-68,76,83-84,91-93,95-99H,6-13,20-23,31-33,80-81H2,1-5H3,(H2,82,94)(H,85,104)(H,86,101)(H,87,103)(H,88,105)(H,89,100)(H,90,102)(H,106,107)/t35-,45+,46-,53+,55-,57+,58+,59-,60+,61-,62+,63+,64+,65-,67+,68+,76-,77-/m0/s1. The van der Waals surface area contributed by atoms with Crippen molar-refractivity contribution < 1.29 is 113 Å². The number of nitrogens with one attached hydrogen (secondary N) is 8. The maximum atomic E-state index is 16.2. The molecule has 0 spiro atoms. The summed E-state index contributed by atoms with van der Waals surface area (Å²) in [6.45, 7) is 10.3. The number of primary amides is 1. The van der Waals surface area contributed by atoms with E-state index in [-0.39, 0.29) is 52.0 Å². The van der Waals surface area contributed by atoms with Crippen molar-refractivity contribution in [3.8, 4) is 57.1 Å². The van der Waals surface area contributed by atoms with Crippen LogP contribution < -0.4 is 73.9 Å². The second kappa shape index (κ2) is 37.8. The molecule has 34 nitrogen and oxygen atoms in total. The molecule has 36 heteroatoms. The van der Waals surface area contributed by atoms with Gasteiger partial charge in [0.25, 0.3) is 0 Å². The topological polar surface area (TPSA) is 548 Å². The van der Waals surface area contributed by atoms with Gasteiger partial charge in [0.15, 0.2) is 29.9 Å². The van der Waals surface area contributed by atoms with Crippen LogP contribution in [0.15, 0.2) is 78.9 Å². The first-order valence-electron chi connectivity index (χ1n) is 37.5. The summed E-state index contributed by atoms with van der Waals surface area (Å²) in [4.78, 5) is 117. The van der Waals surface area contributed by atoms with Crippen molar-refractivity contribution in [1.29, 1.82) is 0 Å². The van der Waals surface area contributed by atoms with E-state index < -0.39 is 231 Å². The summed E-state index contributed by atoms with van der Waals surface area (Å²) in [6.07, 6.45) is -8.49. The van der Waals surface area contributed by atoms with Crippen LogP contribution >= 0.6 is 23.2 Å². The molecule has 7 aliphatic rings. The lowest BCUT2D eigenvalue weighted by Gasteiger charge is -2.48. The van der Waals surface area contributed by atoms with Crippen molar-refractivity contribution >= 4 is 70.5 Å². The Kier molecular flexibility index (Phi) is 28.8. The summed E-state index contributed by atoms with van der Waals surface area (Å²) in [5, 5.41) is 126. The van der Waals surface area contributed by atoms with E-state index in [1.165, 1.54) is 50.3 Å². The number of ether oxygens (including phenoxy) is 6. The number of rotatable bonds is 25. The average Bonchev–Trinajstić information content (AvgIpc) is 0.765. The zero-order valence-corrected chi connectivity index (χ0v) is 64.2. The minimum Gasteiger partial charge on any atom is -0.508 e. The third-order valence-corrected chi connectivity index (χ3v) is 21.1. The number of benzene rings is 5. The van der Waals surface area contributed by atoms with Crippen molar-refractivity contribution in [1.82, 2.24) is 42.5 Å². The second-order valence-electron chi connectivity index (χ2n) is 29.6. The van der Waals surface area contributed by atoms with Crippen LogP contribution in [0.25, 0.3) is 11.1 Å². The van der Waals surface area contributed by atoms with Gasteiger partial charge in [0.1, 0.15) is 89.5 Å². The molecule has 0 unspecified atom stereocenters. The van der Waals surface area contributed by atoms with Gasteiger partial charge in [-0.25, -0.2) is 4.79 Å². The van der Waals surface area contributed by atoms with Crippen LogP contribution in [0.2, 0.25) is 10.0 Å². The Morgan fingerprint density at radius 2 is 1.28 bits per heavy atom. The molecule has 0 aromatic heterocycles. The molecule has 7 aliphatic heterocycles.